The zero-order valence-electron chi connectivity index (χ0n) is 12.1. The van der Waals surface area contributed by atoms with Gasteiger partial charge in [-0.1, -0.05) is 23.7 Å². The van der Waals surface area contributed by atoms with Gasteiger partial charge in [0, 0.05) is 11.1 Å². The molecular weight excluding hydrogens is 319 g/mol. The Bertz CT molecular complexity index is 846. The van der Waals surface area contributed by atoms with E-state index in [-0.39, 0.29) is 11.6 Å². The molecule has 0 saturated heterocycles. The Kier molecular flexibility index (Phi) is 4.12. The van der Waals surface area contributed by atoms with Gasteiger partial charge in [-0.3, -0.25) is 4.79 Å². The van der Waals surface area contributed by atoms with Gasteiger partial charge in [-0.25, -0.2) is 9.38 Å². The second-order valence-electron chi connectivity index (χ2n) is 4.81. The Labute approximate surface area is 137 Å². The maximum atomic E-state index is 13.4. The highest BCUT2D eigenvalue weighted by Crippen LogP contribution is 2.25. The molecule has 3 rings (SSSR count). The SMILES string of the molecule is COc1ccc(F)cc1/C=C1/N=C(c2ccccc2Cl)NC1=O. The Morgan fingerprint density at radius 2 is 2.04 bits per heavy atom. The van der Waals surface area contributed by atoms with Crippen molar-refractivity contribution in [3.63, 3.8) is 0 Å². The van der Waals surface area contributed by atoms with Crippen molar-refractivity contribution in [1.29, 1.82) is 0 Å². The molecule has 23 heavy (non-hydrogen) atoms. The third kappa shape index (κ3) is 3.10. The molecule has 1 amide bonds. The third-order valence-corrected chi connectivity index (χ3v) is 3.64. The molecule has 1 heterocycles. The largest absolute Gasteiger partial charge is 0.496 e. The van der Waals surface area contributed by atoms with Gasteiger partial charge in [0.25, 0.3) is 5.91 Å². The molecule has 0 fully saturated rings. The first-order valence-electron chi connectivity index (χ1n) is 6.78. The normalized spacial score (nSPS) is 15.5. The van der Waals surface area contributed by atoms with Crippen LogP contribution in [0.2, 0.25) is 5.02 Å². The first-order chi connectivity index (χ1) is 11.1. The van der Waals surface area contributed by atoms with E-state index in [9.17, 15) is 9.18 Å². The fourth-order valence-electron chi connectivity index (χ4n) is 2.21. The molecule has 0 atom stereocenters. The van der Waals surface area contributed by atoms with Crippen LogP contribution in [-0.4, -0.2) is 18.9 Å². The molecule has 1 aliphatic heterocycles. The van der Waals surface area contributed by atoms with Gasteiger partial charge in [0.2, 0.25) is 0 Å². The average Bonchev–Trinajstić information content (AvgIpc) is 2.89. The molecular formula is C17H12ClFN2O2. The van der Waals surface area contributed by atoms with Gasteiger partial charge in [0.05, 0.1) is 12.1 Å². The quantitative estimate of drug-likeness (QED) is 0.877. The number of methoxy groups -OCH3 is 1. The van der Waals surface area contributed by atoms with Crippen LogP contribution in [0.3, 0.4) is 0 Å². The number of carbonyl (C=O) groups excluding carboxylic acids is 1. The monoisotopic (exact) mass is 330 g/mol. The maximum absolute atomic E-state index is 13.4. The van der Waals surface area contributed by atoms with Crippen LogP contribution in [-0.2, 0) is 4.79 Å². The van der Waals surface area contributed by atoms with E-state index in [1.165, 1.54) is 31.4 Å². The Hall–Kier alpha value is -2.66. The number of nitrogens with zero attached hydrogens (tertiary/aromatic N) is 1. The number of hydrogen-bond donors (Lipinski definition) is 1. The summed E-state index contributed by atoms with van der Waals surface area (Å²) in [6.45, 7) is 0. The van der Waals surface area contributed by atoms with E-state index in [0.717, 1.165) is 0 Å². The van der Waals surface area contributed by atoms with E-state index in [0.29, 0.717) is 27.7 Å². The lowest BCUT2D eigenvalue weighted by Gasteiger charge is -2.04. The standard InChI is InChI=1S/C17H12ClFN2O2/c1-23-15-7-6-11(19)8-10(15)9-14-17(22)21-16(20-14)12-4-2-3-5-13(12)18/h2-9H,1H3,(H,20,21,22)/b14-9+. The summed E-state index contributed by atoms with van der Waals surface area (Å²) >= 11 is 6.11. The van der Waals surface area contributed by atoms with E-state index in [2.05, 4.69) is 10.3 Å². The number of halogens is 2. The lowest BCUT2D eigenvalue weighted by atomic mass is 10.1. The van der Waals surface area contributed by atoms with Crippen LogP contribution >= 0.6 is 11.6 Å². The summed E-state index contributed by atoms with van der Waals surface area (Å²) in [5, 5.41) is 3.14. The molecule has 0 spiro atoms. The van der Waals surface area contributed by atoms with E-state index < -0.39 is 5.82 Å². The number of amidine groups is 1. The van der Waals surface area contributed by atoms with Crippen LogP contribution in [0.25, 0.3) is 6.08 Å². The second kappa shape index (κ2) is 6.22. The zero-order chi connectivity index (χ0) is 16.4. The van der Waals surface area contributed by atoms with Gasteiger partial charge >= 0.3 is 0 Å². The van der Waals surface area contributed by atoms with Crippen molar-refractivity contribution in [2.24, 2.45) is 4.99 Å². The fraction of sp³-hybridized carbons (Fsp3) is 0.0588. The molecule has 116 valence electrons. The van der Waals surface area contributed by atoms with Gasteiger partial charge in [0.15, 0.2) is 0 Å². The predicted molar refractivity (Wildman–Crippen MR) is 87.1 cm³/mol. The third-order valence-electron chi connectivity index (χ3n) is 3.31. The topological polar surface area (TPSA) is 50.7 Å². The van der Waals surface area contributed by atoms with Crippen molar-refractivity contribution in [1.82, 2.24) is 5.32 Å². The smallest absolute Gasteiger partial charge is 0.275 e. The number of carbonyl (C=O) groups is 1. The molecule has 4 nitrogen and oxygen atoms in total. The first kappa shape index (κ1) is 15.2. The Balaban J connectivity index is 2.02. The Morgan fingerprint density at radius 1 is 1.26 bits per heavy atom. The zero-order valence-corrected chi connectivity index (χ0v) is 12.9. The van der Waals surface area contributed by atoms with Crippen molar-refractivity contribution in [2.75, 3.05) is 7.11 Å². The van der Waals surface area contributed by atoms with Crippen molar-refractivity contribution in [3.05, 3.63) is 70.1 Å². The molecule has 2 aromatic carbocycles. The van der Waals surface area contributed by atoms with E-state index in [4.69, 9.17) is 16.3 Å². The summed E-state index contributed by atoms with van der Waals surface area (Å²) in [7, 11) is 1.47. The molecule has 0 unspecified atom stereocenters. The molecule has 0 aromatic heterocycles. The number of aliphatic imine (C=N–C) groups is 1. The van der Waals surface area contributed by atoms with Crippen LogP contribution in [0, 0.1) is 5.82 Å². The van der Waals surface area contributed by atoms with Gasteiger partial charge in [-0.15, -0.1) is 0 Å². The van der Waals surface area contributed by atoms with Crippen molar-refractivity contribution in [2.45, 2.75) is 0 Å². The summed E-state index contributed by atoms with van der Waals surface area (Å²) < 4.78 is 18.6. The number of hydrogen-bond acceptors (Lipinski definition) is 3. The van der Waals surface area contributed by atoms with Crippen LogP contribution in [0.15, 0.2) is 53.2 Å². The minimum atomic E-state index is -0.425. The summed E-state index contributed by atoms with van der Waals surface area (Å²) in [6, 6.07) is 11.1. The molecule has 0 saturated carbocycles. The number of amides is 1. The highest BCUT2D eigenvalue weighted by molar-refractivity contribution is 6.35. The minimum Gasteiger partial charge on any atom is -0.496 e. The minimum absolute atomic E-state index is 0.156. The number of ether oxygens (including phenoxy) is 1. The van der Waals surface area contributed by atoms with Crippen LogP contribution in [0.5, 0.6) is 5.75 Å². The highest BCUT2D eigenvalue weighted by Gasteiger charge is 2.23. The van der Waals surface area contributed by atoms with Crippen molar-refractivity contribution >= 4 is 29.4 Å². The summed E-state index contributed by atoms with van der Waals surface area (Å²) in [5.74, 6) is 0.00732. The summed E-state index contributed by atoms with van der Waals surface area (Å²) in [6.07, 6.45) is 1.47. The first-order valence-corrected chi connectivity index (χ1v) is 7.16. The molecule has 1 aliphatic rings. The summed E-state index contributed by atoms with van der Waals surface area (Å²) in [4.78, 5) is 16.3. The van der Waals surface area contributed by atoms with Crippen molar-refractivity contribution in [3.8, 4) is 5.75 Å². The van der Waals surface area contributed by atoms with E-state index in [1.54, 1.807) is 24.3 Å². The van der Waals surface area contributed by atoms with E-state index >= 15 is 0 Å². The Morgan fingerprint density at radius 3 is 2.78 bits per heavy atom. The van der Waals surface area contributed by atoms with Crippen molar-refractivity contribution < 1.29 is 13.9 Å². The second-order valence-corrected chi connectivity index (χ2v) is 5.22. The van der Waals surface area contributed by atoms with Crippen LogP contribution in [0.4, 0.5) is 4.39 Å². The lowest BCUT2D eigenvalue weighted by molar-refractivity contribution is -0.115. The fourth-order valence-corrected chi connectivity index (χ4v) is 2.44. The summed E-state index contributed by atoms with van der Waals surface area (Å²) in [5.41, 5.74) is 1.21. The molecule has 0 aliphatic carbocycles. The predicted octanol–water partition coefficient (Wildman–Crippen LogP) is 3.41. The molecule has 0 bridgehead atoms. The highest BCUT2D eigenvalue weighted by atomic mass is 35.5. The van der Waals surface area contributed by atoms with Gasteiger partial charge in [0.1, 0.15) is 23.1 Å². The molecule has 0 radical (unpaired) electrons. The van der Waals surface area contributed by atoms with Crippen LogP contribution < -0.4 is 10.1 Å². The number of rotatable bonds is 3. The van der Waals surface area contributed by atoms with Gasteiger partial charge in [-0.2, -0.15) is 0 Å². The lowest BCUT2D eigenvalue weighted by Crippen LogP contribution is -2.24. The van der Waals surface area contributed by atoms with E-state index in [1.807, 2.05) is 0 Å². The number of benzene rings is 2. The maximum Gasteiger partial charge on any atom is 0.275 e. The average molecular weight is 331 g/mol. The van der Waals surface area contributed by atoms with Gasteiger partial charge in [-0.05, 0) is 36.4 Å². The molecule has 1 N–H and O–H groups in total. The van der Waals surface area contributed by atoms with Crippen LogP contribution in [0.1, 0.15) is 11.1 Å². The number of nitrogens with one attached hydrogen (secondary N) is 1. The molecule has 2 aromatic rings. The molecule has 6 heteroatoms. The van der Waals surface area contributed by atoms with Gasteiger partial charge < -0.3 is 10.1 Å².